The van der Waals surface area contributed by atoms with E-state index in [1.807, 2.05) is 6.07 Å². The molecule has 92 valence electrons. The number of rotatable bonds is 2. The van der Waals surface area contributed by atoms with Gasteiger partial charge >= 0.3 is 5.69 Å². The quantitative estimate of drug-likeness (QED) is 0.846. The van der Waals surface area contributed by atoms with Crippen LogP contribution in [0.25, 0.3) is 11.8 Å². The first-order valence-electron chi connectivity index (χ1n) is 5.27. The molecule has 0 fully saturated rings. The van der Waals surface area contributed by atoms with E-state index in [0.717, 1.165) is 0 Å². The van der Waals surface area contributed by atoms with E-state index in [0.29, 0.717) is 10.6 Å². The Morgan fingerprint density at radius 3 is 2.72 bits per heavy atom. The molecule has 1 aromatic carbocycles. The minimum Gasteiger partial charge on any atom is -0.507 e. The normalized spacial score (nSPS) is 11.6. The highest BCUT2D eigenvalue weighted by Crippen LogP contribution is 2.18. The van der Waals surface area contributed by atoms with Gasteiger partial charge in [0.15, 0.2) is 0 Å². The van der Waals surface area contributed by atoms with Crippen LogP contribution in [0.15, 0.2) is 41.3 Å². The van der Waals surface area contributed by atoms with Crippen LogP contribution in [0, 0.1) is 0 Å². The Kier molecular flexibility index (Phi) is 3.48. The SMILES string of the molecule is Cn1cc(Cl)c(/C=C(/O)c2ccccc2)nc1=O. The molecule has 0 aliphatic rings. The minimum atomic E-state index is -0.425. The van der Waals surface area contributed by atoms with Crippen molar-refractivity contribution in [2.45, 2.75) is 0 Å². The molecule has 0 amide bonds. The lowest BCUT2D eigenvalue weighted by atomic mass is 10.1. The number of hydrogen-bond donors (Lipinski definition) is 1. The molecular formula is C13H11ClN2O2. The van der Waals surface area contributed by atoms with Crippen molar-refractivity contribution in [2.75, 3.05) is 0 Å². The van der Waals surface area contributed by atoms with E-state index in [1.165, 1.54) is 16.8 Å². The van der Waals surface area contributed by atoms with Gasteiger partial charge in [0, 0.05) is 24.9 Å². The highest BCUT2D eigenvalue weighted by atomic mass is 35.5. The standard InChI is InChI=1S/C13H11ClN2O2/c1-16-8-10(14)11(15-13(16)18)7-12(17)9-5-3-2-4-6-9/h2-8,17H,1H3/b12-7+. The number of benzene rings is 1. The summed E-state index contributed by atoms with van der Waals surface area (Å²) in [5.74, 6) is 0.0123. The molecule has 1 N–H and O–H groups in total. The van der Waals surface area contributed by atoms with Crippen molar-refractivity contribution in [3.8, 4) is 0 Å². The van der Waals surface area contributed by atoms with Gasteiger partial charge in [0.25, 0.3) is 0 Å². The largest absolute Gasteiger partial charge is 0.507 e. The topological polar surface area (TPSA) is 55.1 Å². The number of aromatic nitrogens is 2. The molecule has 0 radical (unpaired) electrons. The molecule has 0 saturated carbocycles. The van der Waals surface area contributed by atoms with Crippen LogP contribution < -0.4 is 5.69 Å². The van der Waals surface area contributed by atoms with Crippen molar-refractivity contribution in [3.63, 3.8) is 0 Å². The van der Waals surface area contributed by atoms with Crippen LogP contribution in [0.3, 0.4) is 0 Å². The Labute approximate surface area is 109 Å². The lowest BCUT2D eigenvalue weighted by Crippen LogP contribution is -2.20. The summed E-state index contributed by atoms with van der Waals surface area (Å²) in [5, 5.41) is 10.2. The maximum atomic E-state index is 11.4. The van der Waals surface area contributed by atoms with Gasteiger partial charge in [-0.25, -0.2) is 4.79 Å². The molecule has 18 heavy (non-hydrogen) atoms. The van der Waals surface area contributed by atoms with Crippen molar-refractivity contribution in [1.29, 1.82) is 0 Å². The average Bonchev–Trinajstić information content (AvgIpc) is 2.37. The van der Waals surface area contributed by atoms with E-state index in [9.17, 15) is 9.90 Å². The average molecular weight is 263 g/mol. The molecule has 0 saturated heterocycles. The summed E-state index contributed by atoms with van der Waals surface area (Å²) in [6.45, 7) is 0. The van der Waals surface area contributed by atoms with E-state index >= 15 is 0 Å². The van der Waals surface area contributed by atoms with Crippen molar-refractivity contribution >= 4 is 23.4 Å². The van der Waals surface area contributed by atoms with Gasteiger partial charge in [-0.2, -0.15) is 4.98 Å². The van der Waals surface area contributed by atoms with Crippen LogP contribution in [-0.4, -0.2) is 14.7 Å². The Morgan fingerprint density at radius 2 is 2.06 bits per heavy atom. The van der Waals surface area contributed by atoms with Crippen molar-refractivity contribution in [1.82, 2.24) is 9.55 Å². The molecule has 4 nitrogen and oxygen atoms in total. The van der Waals surface area contributed by atoms with Crippen molar-refractivity contribution in [3.05, 3.63) is 63.3 Å². The number of hydrogen-bond acceptors (Lipinski definition) is 3. The summed E-state index contributed by atoms with van der Waals surface area (Å²) in [5.41, 5.74) is 0.462. The van der Waals surface area contributed by atoms with Crippen molar-refractivity contribution in [2.24, 2.45) is 7.05 Å². The summed E-state index contributed by atoms with van der Waals surface area (Å²) in [4.78, 5) is 15.2. The first-order chi connectivity index (χ1) is 8.58. The number of halogens is 1. The van der Waals surface area contributed by atoms with Crippen LogP contribution >= 0.6 is 11.6 Å². The third-order valence-corrected chi connectivity index (χ3v) is 2.70. The van der Waals surface area contributed by atoms with Gasteiger partial charge in [0.1, 0.15) is 5.76 Å². The molecule has 0 unspecified atom stereocenters. The predicted octanol–water partition coefficient (Wildman–Crippen LogP) is 2.49. The van der Waals surface area contributed by atoms with Gasteiger partial charge in [0.2, 0.25) is 0 Å². The Hall–Kier alpha value is -2.07. The first-order valence-corrected chi connectivity index (χ1v) is 5.65. The molecule has 2 aromatic rings. The molecule has 0 atom stereocenters. The maximum Gasteiger partial charge on any atom is 0.347 e. The minimum absolute atomic E-state index is 0.0123. The smallest absolute Gasteiger partial charge is 0.347 e. The van der Waals surface area contributed by atoms with Gasteiger partial charge in [0.05, 0.1) is 10.7 Å². The van der Waals surface area contributed by atoms with E-state index in [1.54, 1.807) is 31.3 Å². The number of aliphatic hydroxyl groups is 1. The summed E-state index contributed by atoms with van der Waals surface area (Å²) in [6, 6.07) is 8.96. The Morgan fingerprint density at radius 1 is 1.39 bits per heavy atom. The molecule has 0 bridgehead atoms. The van der Waals surface area contributed by atoms with Crippen molar-refractivity contribution < 1.29 is 5.11 Å². The number of aryl methyl sites for hydroxylation is 1. The Balaban J connectivity index is 2.45. The van der Waals surface area contributed by atoms with Gasteiger partial charge in [-0.05, 0) is 0 Å². The highest BCUT2D eigenvalue weighted by molar-refractivity contribution is 6.31. The fourth-order valence-electron chi connectivity index (χ4n) is 1.45. The molecule has 0 aliphatic carbocycles. The lowest BCUT2D eigenvalue weighted by Gasteiger charge is -2.02. The summed E-state index contributed by atoms with van der Waals surface area (Å²) in [6.07, 6.45) is 2.83. The molecule has 0 spiro atoms. The van der Waals surface area contributed by atoms with Gasteiger partial charge < -0.3 is 9.67 Å². The summed E-state index contributed by atoms with van der Waals surface area (Å²) >= 11 is 5.96. The second kappa shape index (κ2) is 5.06. The van der Waals surface area contributed by atoms with Crippen LogP contribution in [0.4, 0.5) is 0 Å². The second-order valence-corrected chi connectivity index (χ2v) is 4.17. The lowest BCUT2D eigenvalue weighted by molar-refractivity contribution is 0.515. The van der Waals surface area contributed by atoms with E-state index in [-0.39, 0.29) is 11.5 Å². The summed E-state index contributed by atoms with van der Waals surface area (Å²) in [7, 11) is 1.56. The second-order valence-electron chi connectivity index (χ2n) is 3.76. The molecule has 2 rings (SSSR count). The molecular weight excluding hydrogens is 252 g/mol. The number of nitrogens with zero attached hydrogens (tertiary/aromatic N) is 2. The Bertz CT molecular complexity index is 648. The van der Waals surface area contributed by atoms with Crippen LogP contribution in [-0.2, 0) is 7.05 Å². The monoisotopic (exact) mass is 262 g/mol. The van der Waals surface area contributed by atoms with Crippen LogP contribution in [0.2, 0.25) is 5.02 Å². The number of aliphatic hydroxyl groups excluding tert-OH is 1. The van der Waals surface area contributed by atoms with Crippen LogP contribution in [0.5, 0.6) is 0 Å². The third kappa shape index (κ3) is 2.60. The van der Waals surface area contributed by atoms with E-state index in [2.05, 4.69) is 4.98 Å². The van der Waals surface area contributed by atoms with E-state index in [4.69, 9.17) is 11.6 Å². The zero-order valence-corrected chi connectivity index (χ0v) is 10.4. The van der Waals surface area contributed by atoms with Crippen LogP contribution in [0.1, 0.15) is 11.3 Å². The van der Waals surface area contributed by atoms with E-state index < -0.39 is 5.69 Å². The fourth-order valence-corrected chi connectivity index (χ4v) is 1.69. The molecule has 1 aromatic heterocycles. The maximum absolute atomic E-state index is 11.4. The summed E-state index contributed by atoms with van der Waals surface area (Å²) < 4.78 is 1.28. The van der Waals surface area contributed by atoms with Gasteiger partial charge in [-0.15, -0.1) is 0 Å². The third-order valence-electron chi connectivity index (χ3n) is 2.41. The zero-order valence-electron chi connectivity index (χ0n) is 9.67. The van der Waals surface area contributed by atoms with Gasteiger partial charge in [-0.3, -0.25) is 0 Å². The fraction of sp³-hybridized carbons (Fsp3) is 0.0769. The van der Waals surface area contributed by atoms with Gasteiger partial charge in [-0.1, -0.05) is 41.9 Å². The molecule has 0 aliphatic heterocycles. The highest BCUT2D eigenvalue weighted by Gasteiger charge is 2.05. The molecule has 1 heterocycles. The molecule has 5 heteroatoms. The first kappa shape index (κ1) is 12.4. The predicted molar refractivity (Wildman–Crippen MR) is 71.4 cm³/mol. The zero-order chi connectivity index (χ0) is 13.1.